The van der Waals surface area contributed by atoms with Crippen LogP contribution in [0.15, 0.2) is 53.7 Å². The molecule has 26 heavy (non-hydrogen) atoms. The molecule has 1 aromatic carbocycles. The van der Waals surface area contributed by atoms with Gasteiger partial charge in [-0.15, -0.1) is 0 Å². The topological polar surface area (TPSA) is 45.2 Å². The van der Waals surface area contributed by atoms with E-state index in [1.807, 2.05) is 18.2 Å². The summed E-state index contributed by atoms with van der Waals surface area (Å²) in [6.07, 6.45) is 6.29. The summed E-state index contributed by atoms with van der Waals surface area (Å²) in [6.45, 7) is 2.12. The van der Waals surface area contributed by atoms with Gasteiger partial charge in [0, 0.05) is 24.8 Å². The second-order valence-electron chi connectivity index (χ2n) is 7.19. The highest BCUT2D eigenvalue weighted by Crippen LogP contribution is 2.27. The van der Waals surface area contributed by atoms with Crippen LogP contribution in [0.3, 0.4) is 0 Å². The number of amides is 1. The average Bonchev–Trinajstić information content (AvgIpc) is 3.12. The van der Waals surface area contributed by atoms with Crippen molar-refractivity contribution in [3.05, 3.63) is 59.8 Å². The summed E-state index contributed by atoms with van der Waals surface area (Å²) in [4.78, 5) is 19.2. The van der Waals surface area contributed by atoms with Crippen molar-refractivity contribution in [2.24, 2.45) is 0 Å². The van der Waals surface area contributed by atoms with E-state index in [9.17, 15) is 4.79 Å². The van der Waals surface area contributed by atoms with Gasteiger partial charge in [-0.1, -0.05) is 42.1 Å². The molecule has 0 radical (unpaired) electrons. The van der Waals surface area contributed by atoms with Gasteiger partial charge in [0.2, 0.25) is 5.91 Å². The van der Waals surface area contributed by atoms with Gasteiger partial charge in [-0.2, -0.15) is 0 Å². The number of likely N-dealkylation sites (tertiary alicyclic amines) is 1. The van der Waals surface area contributed by atoms with Crippen LogP contribution in [0.1, 0.15) is 24.0 Å². The molecule has 4 rings (SSSR count). The zero-order valence-corrected chi connectivity index (χ0v) is 15.8. The molecule has 5 heteroatoms. The lowest BCUT2D eigenvalue weighted by Crippen LogP contribution is -2.51. The first-order valence-corrected chi connectivity index (χ1v) is 10.4. The number of nitrogens with one attached hydrogen (secondary N) is 1. The number of carbonyl (C=O) groups excluding carboxylic acids is 1. The molecule has 2 aliphatic rings. The van der Waals surface area contributed by atoms with E-state index in [2.05, 4.69) is 39.5 Å². The molecule has 1 N–H and O–H groups in total. The van der Waals surface area contributed by atoms with E-state index >= 15 is 0 Å². The molecule has 2 aromatic rings. The Labute approximate surface area is 159 Å². The van der Waals surface area contributed by atoms with E-state index in [0.29, 0.717) is 11.8 Å². The van der Waals surface area contributed by atoms with Crippen LogP contribution in [0.25, 0.3) is 0 Å². The highest BCUT2D eigenvalue weighted by molar-refractivity contribution is 7.99. The Morgan fingerprint density at radius 1 is 1.15 bits per heavy atom. The minimum Gasteiger partial charge on any atom is -0.351 e. The molecule has 1 aliphatic heterocycles. The second-order valence-corrected chi connectivity index (χ2v) is 8.18. The number of nitrogens with zero attached hydrogens (tertiary/aromatic N) is 2. The first kappa shape index (κ1) is 17.6. The Morgan fingerprint density at radius 2 is 1.92 bits per heavy atom. The maximum Gasteiger partial charge on any atom is 0.230 e. The fourth-order valence-corrected chi connectivity index (χ4v) is 4.76. The summed E-state index contributed by atoms with van der Waals surface area (Å²) in [7, 11) is 0. The van der Waals surface area contributed by atoms with Gasteiger partial charge in [0.25, 0.3) is 0 Å². The number of thioether (sulfide) groups is 1. The lowest BCUT2D eigenvalue weighted by atomic mass is 10.0. The Hall–Kier alpha value is -1.85. The van der Waals surface area contributed by atoms with Crippen LogP contribution in [-0.2, 0) is 17.6 Å². The van der Waals surface area contributed by atoms with Gasteiger partial charge in [0.1, 0.15) is 0 Å². The maximum atomic E-state index is 12.3. The number of aromatic nitrogens is 1. The molecule has 0 bridgehead atoms. The standard InChI is InChI=1S/C21H25N3OS/c25-20(15-26-21-9-3-4-10-22-21)23-18-8-5-11-24(14-18)19-12-16-6-1-2-7-17(16)13-19/h1-4,6-7,9-10,18-19H,5,8,11-15H2,(H,23,25)/t18-/m0/s1. The average molecular weight is 368 g/mol. The number of rotatable bonds is 5. The van der Waals surface area contributed by atoms with Crippen molar-refractivity contribution in [3.63, 3.8) is 0 Å². The molecule has 1 aliphatic carbocycles. The predicted octanol–water partition coefficient (Wildman–Crippen LogP) is 2.92. The van der Waals surface area contributed by atoms with Gasteiger partial charge < -0.3 is 5.32 Å². The third-order valence-electron chi connectivity index (χ3n) is 5.35. The lowest BCUT2D eigenvalue weighted by Gasteiger charge is -2.37. The highest BCUT2D eigenvalue weighted by Gasteiger charge is 2.30. The summed E-state index contributed by atoms with van der Waals surface area (Å²) in [5, 5.41) is 4.13. The number of hydrogen-bond donors (Lipinski definition) is 1. The fourth-order valence-electron chi connectivity index (χ4n) is 4.09. The summed E-state index contributed by atoms with van der Waals surface area (Å²) in [5.41, 5.74) is 2.99. The molecule has 1 aromatic heterocycles. The SMILES string of the molecule is O=C(CSc1ccccn1)N[C@H]1CCCN(C2Cc3ccccc3C2)C1. The van der Waals surface area contributed by atoms with Crippen molar-refractivity contribution >= 4 is 17.7 Å². The third kappa shape index (κ3) is 4.27. The van der Waals surface area contributed by atoms with E-state index in [-0.39, 0.29) is 11.9 Å². The van der Waals surface area contributed by atoms with Crippen molar-refractivity contribution < 1.29 is 4.79 Å². The molecule has 2 heterocycles. The fraction of sp³-hybridized carbons (Fsp3) is 0.429. The molecule has 1 amide bonds. The van der Waals surface area contributed by atoms with E-state index < -0.39 is 0 Å². The smallest absolute Gasteiger partial charge is 0.230 e. The molecule has 1 saturated heterocycles. The van der Waals surface area contributed by atoms with Crippen LogP contribution in [0.2, 0.25) is 0 Å². The molecule has 0 spiro atoms. The normalized spacial score (nSPS) is 20.7. The van der Waals surface area contributed by atoms with Crippen LogP contribution in [-0.4, -0.2) is 46.7 Å². The molecular formula is C21H25N3OS. The lowest BCUT2D eigenvalue weighted by molar-refractivity contribution is -0.119. The predicted molar refractivity (Wildman–Crippen MR) is 105 cm³/mol. The number of piperidine rings is 1. The molecule has 136 valence electrons. The molecule has 0 unspecified atom stereocenters. The van der Waals surface area contributed by atoms with Crippen LogP contribution in [0.5, 0.6) is 0 Å². The number of carbonyl (C=O) groups is 1. The Bertz CT molecular complexity index is 727. The van der Waals surface area contributed by atoms with Crippen LogP contribution in [0, 0.1) is 0 Å². The third-order valence-corrected chi connectivity index (χ3v) is 6.30. The zero-order valence-electron chi connectivity index (χ0n) is 14.9. The zero-order chi connectivity index (χ0) is 17.8. The molecular weight excluding hydrogens is 342 g/mol. The van der Waals surface area contributed by atoms with Gasteiger partial charge in [0.05, 0.1) is 10.8 Å². The van der Waals surface area contributed by atoms with Gasteiger partial charge >= 0.3 is 0 Å². The number of pyridine rings is 1. The Balaban J connectivity index is 1.27. The van der Waals surface area contributed by atoms with E-state index in [0.717, 1.165) is 43.8 Å². The highest BCUT2D eigenvalue weighted by atomic mass is 32.2. The summed E-state index contributed by atoms with van der Waals surface area (Å²) in [5.74, 6) is 0.546. The number of fused-ring (bicyclic) bond motifs is 1. The van der Waals surface area contributed by atoms with Gasteiger partial charge in [-0.3, -0.25) is 9.69 Å². The summed E-state index contributed by atoms with van der Waals surface area (Å²) >= 11 is 1.50. The van der Waals surface area contributed by atoms with Gasteiger partial charge in [-0.25, -0.2) is 4.98 Å². The molecule has 0 saturated carbocycles. The minimum atomic E-state index is 0.113. The maximum absolute atomic E-state index is 12.3. The van der Waals surface area contributed by atoms with Crippen molar-refractivity contribution in [2.45, 2.75) is 42.8 Å². The van der Waals surface area contributed by atoms with Crippen molar-refractivity contribution in [1.82, 2.24) is 15.2 Å². The van der Waals surface area contributed by atoms with E-state index in [4.69, 9.17) is 0 Å². The van der Waals surface area contributed by atoms with Crippen molar-refractivity contribution in [3.8, 4) is 0 Å². The number of hydrogen-bond acceptors (Lipinski definition) is 4. The van der Waals surface area contributed by atoms with Crippen LogP contribution in [0.4, 0.5) is 0 Å². The van der Waals surface area contributed by atoms with E-state index in [1.165, 1.54) is 22.9 Å². The Morgan fingerprint density at radius 3 is 2.65 bits per heavy atom. The molecule has 1 atom stereocenters. The molecule has 4 nitrogen and oxygen atoms in total. The first-order chi connectivity index (χ1) is 12.8. The largest absolute Gasteiger partial charge is 0.351 e. The second kappa shape index (κ2) is 8.23. The minimum absolute atomic E-state index is 0.113. The number of benzene rings is 1. The van der Waals surface area contributed by atoms with E-state index in [1.54, 1.807) is 6.20 Å². The first-order valence-electron chi connectivity index (χ1n) is 9.42. The van der Waals surface area contributed by atoms with Crippen LogP contribution < -0.4 is 5.32 Å². The van der Waals surface area contributed by atoms with Crippen molar-refractivity contribution in [2.75, 3.05) is 18.8 Å². The van der Waals surface area contributed by atoms with Gasteiger partial charge in [-0.05, 0) is 55.5 Å². The van der Waals surface area contributed by atoms with Gasteiger partial charge in [0.15, 0.2) is 0 Å². The monoisotopic (exact) mass is 367 g/mol. The molecule has 1 fully saturated rings. The Kier molecular flexibility index (Phi) is 5.56. The summed E-state index contributed by atoms with van der Waals surface area (Å²) < 4.78 is 0. The van der Waals surface area contributed by atoms with Crippen LogP contribution >= 0.6 is 11.8 Å². The summed E-state index contributed by atoms with van der Waals surface area (Å²) in [6, 6.07) is 15.4. The quantitative estimate of drug-likeness (QED) is 0.826. The van der Waals surface area contributed by atoms with Crippen molar-refractivity contribution in [1.29, 1.82) is 0 Å².